The molecule has 10 nitrogen and oxygen atoms in total. The van der Waals surface area contributed by atoms with Crippen molar-refractivity contribution >= 4 is 29.5 Å². The molecule has 2 amide bonds. The molecule has 2 aromatic rings. The normalized spacial score (nSPS) is 10.3. The molecule has 10 heteroatoms. The Balaban J connectivity index is 1.76. The maximum absolute atomic E-state index is 11.8. The number of rotatable bonds is 6. The highest BCUT2D eigenvalue weighted by Crippen LogP contribution is 2.12. The molecule has 134 valence electrons. The highest BCUT2D eigenvalue weighted by Gasteiger charge is 2.12. The third kappa shape index (κ3) is 5.60. The lowest BCUT2D eigenvalue weighted by Crippen LogP contribution is -2.43. The molecule has 2 rings (SSSR count). The standard InChI is InChI=1S/C16H13N3O7/c20-14(10-26-15(21)7-6-13-5-2-8-25-13)17-18-16(22)11-3-1-4-12(9-11)19(23)24/h1-9H,10H2,(H,17,20)(H,18,22)/b7-6+. The van der Waals surface area contributed by atoms with Crippen molar-refractivity contribution in [2.75, 3.05) is 6.61 Å². The van der Waals surface area contributed by atoms with Crippen molar-refractivity contribution in [2.24, 2.45) is 0 Å². The zero-order valence-electron chi connectivity index (χ0n) is 13.2. The van der Waals surface area contributed by atoms with Crippen LogP contribution in [0.25, 0.3) is 6.08 Å². The molecule has 1 aromatic heterocycles. The van der Waals surface area contributed by atoms with Crippen molar-refractivity contribution in [2.45, 2.75) is 0 Å². The second-order valence-electron chi connectivity index (χ2n) is 4.77. The van der Waals surface area contributed by atoms with Crippen LogP contribution in [0.5, 0.6) is 0 Å². The van der Waals surface area contributed by atoms with Gasteiger partial charge in [0.1, 0.15) is 5.76 Å². The van der Waals surface area contributed by atoms with E-state index < -0.39 is 29.3 Å². The van der Waals surface area contributed by atoms with Crippen LogP contribution in [0.4, 0.5) is 5.69 Å². The minimum Gasteiger partial charge on any atom is -0.465 e. The minimum atomic E-state index is -0.788. The van der Waals surface area contributed by atoms with E-state index in [9.17, 15) is 24.5 Å². The topological polar surface area (TPSA) is 141 Å². The van der Waals surface area contributed by atoms with Gasteiger partial charge in [-0.15, -0.1) is 0 Å². The molecule has 2 N–H and O–H groups in total. The third-order valence-corrected chi connectivity index (χ3v) is 2.91. The van der Waals surface area contributed by atoms with Gasteiger partial charge in [-0.05, 0) is 24.3 Å². The Morgan fingerprint density at radius 1 is 1.19 bits per heavy atom. The fraction of sp³-hybridized carbons (Fsp3) is 0.0625. The Hall–Kier alpha value is -3.95. The lowest BCUT2D eigenvalue weighted by molar-refractivity contribution is -0.384. The number of carbonyl (C=O) groups is 3. The molecule has 1 aromatic carbocycles. The molecule has 0 saturated heterocycles. The van der Waals surface area contributed by atoms with Crippen molar-refractivity contribution in [3.05, 3.63) is 70.2 Å². The third-order valence-electron chi connectivity index (χ3n) is 2.91. The molecule has 0 aliphatic rings. The second-order valence-corrected chi connectivity index (χ2v) is 4.77. The van der Waals surface area contributed by atoms with Crippen molar-refractivity contribution in [1.29, 1.82) is 0 Å². The lowest BCUT2D eigenvalue weighted by atomic mass is 10.2. The Kier molecular flexibility index (Phi) is 6.21. The first-order valence-corrected chi connectivity index (χ1v) is 7.17. The molecule has 0 aliphatic heterocycles. The Labute approximate surface area is 146 Å². The Bertz CT molecular complexity index is 843. The number of furan rings is 1. The lowest BCUT2D eigenvalue weighted by Gasteiger charge is -2.07. The summed E-state index contributed by atoms with van der Waals surface area (Å²) in [7, 11) is 0. The molecule has 0 bridgehead atoms. The smallest absolute Gasteiger partial charge is 0.331 e. The highest BCUT2D eigenvalue weighted by molar-refractivity contribution is 5.96. The van der Waals surface area contributed by atoms with Gasteiger partial charge >= 0.3 is 5.97 Å². The number of benzene rings is 1. The Morgan fingerprint density at radius 3 is 2.69 bits per heavy atom. The van der Waals surface area contributed by atoms with Crippen LogP contribution in [0.3, 0.4) is 0 Å². The van der Waals surface area contributed by atoms with Crippen LogP contribution in [-0.2, 0) is 14.3 Å². The number of nitro groups is 1. The molecule has 26 heavy (non-hydrogen) atoms. The summed E-state index contributed by atoms with van der Waals surface area (Å²) in [6, 6.07) is 8.23. The molecular weight excluding hydrogens is 346 g/mol. The predicted molar refractivity (Wildman–Crippen MR) is 87.4 cm³/mol. The van der Waals surface area contributed by atoms with E-state index in [1.807, 2.05) is 5.43 Å². The number of nitrogens with one attached hydrogen (secondary N) is 2. The second kappa shape index (κ2) is 8.78. The van der Waals surface area contributed by atoms with Crippen molar-refractivity contribution in [3.8, 4) is 0 Å². The van der Waals surface area contributed by atoms with E-state index in [0.29, 0.717) is 5.76 Å². The van der Waals surface area contributed by atoms with Crippen LogP contribution in [0.2, 0.25) is 0 Å². The number of nitrogens with zero attached hydrogens (tertiary/aromatic N) is 1. The first-order chi connectivity index (χ1) is 12.5. The van der Waals surface area contributed by atoms with E-state index in [1.54, 1.807) is 12.1 Å². The van der Waals surface area contributed by atoms with E-state index in [0.717, 1.165) is 12.1 Å². The number of esters is 1. The summed E-state index contributed by atoms with van der Waals surface area (Å²) in [6.45, 7) is -0.628. The number of carbonyl (C=O) groups excluding carboxylic acids is 3. The average molecular weight is 359 g/mol. The zero-order chi connectivity index (χ0) is 18.9. The van der Waals surface area contributed by atoms with E-state index in [-0.39, 0.29) is 11.3 Å². The molecule has 0 saturated carbocycles. The average Bonchev–Trinajstić information content (AvgIpc) is 3.16. The van der Waals surface area contributed by atoms with Gasteiger partial charge in [-0.3, -0.25) is 30.6 Å². The first kappa shape index (κ1) is 18.4. The molecule has 0 unspecified atom stereocenters. The van der Waals surface area contributed by atoms with Crippen LogP contribution in [0, 0.1) is 10.1 Å². The van der Waals surface area contributed by atoms with Gasteiger partial charge in [0.2, 0.25) is 0 Å². The van der Waals surface area contributed by atoms with Crippen molar-refractivity contribution < 1.29 is 28.5 Å². The van der Waals surface area contributed by atoms with Gasteiger partial charge < -0.3 is 9.15 Å². The van der Waals surface area contributed by atoms with Gasteiger partial charge in [0.25, 0.3) is 17.5 Å². The molecule has 0 spiro atoms. The number of amides is 2. The number of hydrogen-bond donors (Lipinski definition) is 2. The molecule has 0 aliphatic carbocycles. The van der Waals surface area contributed by atoms with Crippen LogP contribution in [0.15, 0.2) is 53.2 Å². The number of ether oxygens (including phenoxy) is 1. The van der Waals surface area contributed by atoms with Crippen LogP contribution >= 0.6 is 0 Å². The quantitative estimate of drug-likeness (QED) is 0.342. The molecule has 1 heterocycles. The SMILES string of the molecule is O=C(COC(=O)/C=C/c1ccco1)NNC(=O)c1cccc([N+](=O)[O-])c1. The van der Waals surface area contributed by atoms with Crippen LogP contribution in [0.1, 0.15) is 16.1 Å². The minimum absolute atomic E-state index is 0.0159. The van der Waals surface area contributed by atoms with Gasteiger partial charge in [-0.25, -0.2) is 4.79 Å². The van der Waals surface area contributed by atoms with Gasteiger partial charge in [0.15, 0.2) is 6.61 Å². The fourth-order valence-electron chi connectivity index (χ4n) is 1.72. The number of hydrazine groups is 1. The zero-order valence-corrected chi connectivity index (χ0v) is 13.2. The first-order valence-electron chi connectivity index (χ1n) is 7.17. The summed E-state index contributed by atoms with van der Waals surface area (Å²) in [4.78, 5) is 44.8. The van der Waals surface area contributed by atoms with Gasteiger partial charge in [-0.1, -0.05) is 6.07 Å². The van der Waals surface area contributed by atoms with E-state index in [4.69, 9.17) is 4.42 Å². The Morgan fingerprint density at radius 2 is 2.00 bits per heavy atom. The number of hydrogen-bond acceptors (Lipinski definition) is 7. The maximum Gasteiger partial charge on any atom is 0.331 e. The summed E-state index contributed by atoms with van der Waals surface area (Å²) in [5, 5.41) is 10.7. The molecule has 0 fully saturated rings. The van der Waals surface area contributed by atoms with Gasteiger partial charge in [0.05, 0.1) is 11.2 Å². The molecule has 0 radical (unpaired) electrons. The van der Waals surface area contributed by atoms with Crippen molar-refractivity contribution in [1.82, 2.24) is 10.9 Å². The highest BCUT2D eigenvalue weighted by atomic mass is 16.6. The summed E-state index contributed by atoms with van der Waals surface area (Å²) in [6.07, 6.45) is 3.88. The molecular formula is C16H13N3O7. The summed E-state index contributed by atoms with van der Waals surface area (Å²) >= 11 is 0. The maximum atomic E-state index is 11.8. The summed E-state index contributed by atoms with van der Waals surface area (Å²) in [5.74, 6) is -1.88. The molecule has 0 atom stereocenters. The monoisotopic (exact) mass is 359 g/mol. The van der Waals surface area contributed by atoms with Crippen LogP contribution < -0.4 is 10.9 Å². The van der Waals surface area contributed by atoms with E-state index >= 15 is 0 Å². The summed E-state index contributed by atoms with van der Waals surface area (Å²) < 4.78 is 9.65. The summed E-state index contributed by atoms with van der Waals surface area (Å²) in [5.41, 5.74) is 3.81. The largest absolute Gasteiger partial charge is 0.465 e. The van der Waals surface area contributed by atoms with Crippen LogP contribution in [-0.4, -0.2) is 29.3 Å². The van der Waals surface area contributed by atoms with E-state index in [1.165, 1.54) is 30.5 Å². The number of nitro benzene ring substituents is 1. The van der Waals surface area contributed by atoms with Gasteiger partial charge in [0, 0.05) is 23.8 Å². The number of non-ortho nitro benzene ring substituents is 1. The van der Waals surface area contributed by atoms with Gasteiger partial charge in [-0.2, -0.15) is 0 Å². The van der Waals surface area contributed by atoms with E-state index in [2.05, 4.69) is 10.2 Å². The predicted octanol–water partition coefficient (Wildman–Crippen LogP) is 1.21. The fourth-order valence-corrected chi connectivity index (χ4v) is 1.72. The van der Waals surface area contributed by atoms with Crippen molar-refractivity contribution in [3.63, 3.8) is 0 Å².